The standard InChI is InChI=1S/C27H30Cl2N4O4/c1-4-37-26(35)23-22(31(3)27(36)30-24(23)18-9-5-7-11-20(18)28)16-32-13-14-33(17(2)15-32)25(34)19-10-6-8-12-21(19)29/h5-12,17,24H,4,13-16H2,1-3H3,(H,30,36)/t17-,24+/m0/s1. The second-order valence-electron chi connectivity index (χ2n) is 9.11. The van der Waals surface area contributed by atoms with Crippen molar-refractivity contribution in [3.63, 3.8) is 0 Å². The quantitative estimate of drug-likeness (QED) is 0.546. The number of esters is 1. The summed E-state index contributed by atoms with van der Waals surface area (Å²) < 4.78 is 5.40. The van der Waals surface area contributed by atoms with E-state index in [0.717, 1.165) is 0 Å². The first kappa shape index (κ1) is 27.0. The Morgan fingerprint density at radius 1 is 1.05 bits per heavy atom. The number of halogens is 2. The van der Waals surface area contributed by atoms with Gasteiger partial charge in [0.1, 0.15) is 0 Å². The number of nitrogens with zero attached hydrogens (tertiary/aromatic N) is 3. The number of ether oxygens (including phenoxy) is 1. The van der Waals surface area contributed by atoms with Crippen molar-refractivity contribution in [1.82, 2.24) is 20.0 Å². The molecule has 2 heterocycles. The Hall–Kier alpha value is -3.07. The van der Waals surface area contributed by atoms with E-state index in [-0.39, 0.29) is 24.6 Å². The van der Waals surface area contributed by atoms with Crippen LogP contribution in [0.25, 0.3) is 0 Å². The van der Waals surface area contributed by atoms with E-state index in [1.54, 1.807) is 56.4 Å². The molecule has 1 saturated heterocycles. The molecule has 0 unspecified atom stereocenters. The largest absolute Gasteiger partial charge is 0.463 e. The molecule has 3 amide bonds. The van der Waals surface area contributed by atoms with Gasteiger partial charge in [-0.1, -0.05) is 53.5 Å². The minimum Gasteiger partial charge on any atom is -0.463 e. The fraction of sp³-hybridized carbons (Fsp3) is 0.370. The number of hydrogen-bond acceptors (Lipinski definition) is 5. The van der Waals surface area contributed by atoms with Gasteiger partial charge in [0.05, 0.1) is 28.8 Å². The lowest BCUT2D eigenvalue weighted by atomic mass is 9.94. The summed E-state index contributed by atoms with van der Waals surface area (Å²) in [6, 6.07) is 12.9. The molecule has 37 heavy (non-hydrogen) atoms. The molecule has 2 atom stereocenters. The number of likely N-dealkylation sites (N-methyl/N-ethyl adjacent to an activating group) is 1. The van der Waals surface area contributed by atoms with E-state index < -0.39 is 12.0 Å². The minimum absolute atomic E-state index is 0.105. The van der Waals surface area contributed by atoms with Crippen LogP contribution in [0.1, 0.15) is 35.8 Å². The summed E-state index contributed by atoms with van der Waals surface area (Å²) in [6.07, 6.45) is 0. The molecule has 0 saturated carbocycles. The van der Waals surface area contributed by atoms with E-state index in [4.69, 9.17) is 27.9 Å². The SMILES string of the molecule is CCOC(=O)C1=C(CN2CCN(C(=O)c3ccccc3Cl)[C@@H](C)C2)N(C)C(=O)N[C@@H]1c1ccccc1Cl. The van der Waals surface area contributed by atoms with Gasteiger partial charge in [0.2, 0.25) is 0 Å². The average Bonchev–Trinajstić information content (AvgIpc) is 2.87. The number of urea groups is 1. The van der Waals surface area contributed by atoms with Crippen molar-refractivity contribution in [1.29, 1.82) is 0 Å². The van der Waals surface area contributed by atoms with Crippen LogP contribution < -0.4 is 5.32 Å². The minimum atomic E-state index is -0.744. The van der Waals surface area contributed by atoms with E-state index in [1.807, 2.05) is 17.9 Å². The van der Waals surface area contributed by atoms with Crippen LogP contribution in [-0.2, 0) is 9.53 Å². The summed E-state index contributed by atoms with van der Waals surface area (Å²) in [6.45, 7) is 5.85. The Bertz CT molecular complexity index is 1230. The van der Waals surface area contributed by atoms with Crippen molar-refractivity contribution >= 4 is 41.1 Å². The molecule has 1 N–H and O–H groups in total. The van der Waals surface area contributed by atoms with E-state index in [0.29, 0.717) is 58.6 Å². The molecule has 8 nitrogen and oxygen atoms in total. The first-order chi connectivity index (χ1) is 17.7. The van der Waals surface area contributed by atoms with E-state index in [2.05, 4.69) is 10.2 Å². The summed E-state index contributed by atoms with van der Waals surface area (Å²) in [5.41, 5.74) is 1.99. The Morgan fingerprint density at radius 3 is 2.38 bits per heavy atom. The maximum Gasteiger partial charge on any atom is 0.338 e. The number of piperazine rings is 1. The molecule has 0 aliphatic carbocycles. The molecule has 0 radical (unpaired) electrons. The van der Waals surface area contributed by atoms with Crippen LogP contribution in [0.2, 0.25) is 10.0 Å². The molecular weight excluding hydrogens is 515 g/mol. The smallest absolute Gasteiger partial charge is 0.338 e. The summed E-state index contributed by atoms with van der Waals surface area (Å²) in [7, 11) is 1.63. The van der Waals surface area contributed by atoms with Crippen molar-refractivity contribution in [2.24, 2.45) is 0 Å². The van der Waals surface area contributed by atoms with Crippen molar-refractivity contribution in [3.05, 3.63) is 81.0 Å². The fourth-order valence-electron chi connectivity index (χ4n) is 4.82. The first-order valence-electron chi connectivity index (χ1n) is 12.2. The molecule has 0 aromatic heterocycles. The number of carbonyl (C=O) groups excluding carboxylic acids is 3. The van der Waals surface area contributed by atoms with Crippen LogP contribution in [0.15, 0.2) is 59.8 Å². The maximum absolute atomic E-state index is 13.2. The third-order valence-electron chi connectivity index (χ3n) is 6.74. The lowest BCUT2D eigenvalue weighted by Gasteiger charge is -2.42. The van der Waals surface area contributed by atoms with Gasteiger partial charge in [0.25, 0.3) is 5.91 Å². The number of nitrogens with one attached hydrogen (secondary N) is 1. The summed E-state index contributed by atoms with van der Waals surface area (Å²) >= 11 is 12.7. The van der Waals surface area contributed by atoms with E-state index in [1.165, 1.54) is 4.90 Å². The average molecular weight is 545 g/mol. The number of hydrogen-bond donors (Lipinski definition) is 1. The van der Waals surface area contributed by atoms with Gasteiger partial charge in [-0.2, -0.15) is 0 Å². The lowest BCUT2D eigenvalue weighted by Crippen LogP contribution is -2.56. The van der Waals surface area contributed by atoms with Crippen molar-refractivity contribution in [2.75, 3.05) is 39.8 Å². The van der Waals surface area contributed by atoms with Crippen LogP contribution in [-0.4, -0.2) is 78.5 Å². The Labute approximate surface area is 226 Å². The zero-order valence-electron chi connectivity index (χ0n) is 21.0. The molecule has 2 aliphatic heterocycles. The zero-order valence-corrected chi connectivity index (χ0v) is 22.6. The molecule has 10 heteroatoms. The van der Waals surface area contributed by atoms with Gasteiger partial charge in [-0.05, 0) is 37.6 Å². The molecule has 1 fully saturated rings. The van der Waals surface area contributed by atoms with Crippen molar-refractivity contribution in [3.8, 4) is 0 Å². The van der Waals surface area contributed by atoms with Crippen molar-refractivity contribution < 1.29 is 19.1 Å². The van der Waals surface area contributed by atoms with Crippen LogP contribution >= 0.6 is 23.2 Å². The maximum atomic E-state index is 13.2. The molecule has 4 rings (SSSR count). The molecule has 2 aromatic rings. The molecular formula is C27H30Cl2N4O4. The summed E-state index contributed by atoms with van der Waals surface area (Å²) in [4.78, 5) is 44.7. The number of rotatable bonds is 6. The number of carbonyl (C=O) groups is 3. The summed E-state index contributed by atoms with van der Waals surface area (Å²) in [5.74, 6) is -0.619. The van der Waals surface area contributed by atoms with E-state index in [9.17, 15) is 14.4 Å². The third-order valence-corrected chi connectivity index (χ3v) is 7.41. The van der Waals surface area contributed by atoms with Crippen LogP contribution in [0, 0.1) is 0 Å². The Balaban J connectivity index is 1.62. The second kappa shape index (κ2) is 11.5. The molecule has 0 spiro atoms. The first-order valence-corrected chi connectivity index (χ1v) is 12.9. The van der Waals surface area contributed by atoms with Gasteiger partial charge < -0.3 is 15.0 Å². The molecule has 0 bridgehead atoms. The fourth-order valence-corrected chi connectivity index (χ4v) is 5.28. The zero-order chi connectivity index (χ0) is 26.7. The third kappa shape index (κ3) is 5.61. The lowest BCUT2D eigenvalue weighted by molar-refractivity contribution is -0.139. The highest BCUT2D eigenvalue weighted by atomic mass is 35.5. The second-order valence-corrected chi connectivity index (χ2v) is 9.92. The van der Waals surface area contributed by atoms with Gasteiger partial charge in [0, 0.05) is 50.0 Å². The number of amides is 3. The van der Waals surface area contributed by atoms with Crippen LogP contribution in [0.5, 0.6) is 0 Å². The predicted molar refractivity (Wildman–Crippen MR) is 143 cm³/mol. The highest BCUT2D eigenvalue weighted by Crippen LogP contribution is 2.35. The van der Waals surface area contributed by atoms with Gasteiger partial charge in [-0.15, -0.1) is 0 Å². The Morgan fingerprint density at radius 2 is 1.73 bits per heavy atom. The molecule has 196 valence electrons. The van der Waals surface area contributed by atoms with Crippen LogP contribution in [0.3, 0.4) is 0 Å². The van der Waals surface area contributed by atoms with E-state index >= 15 is 0 Å². The number of benzene rings is 2. The molecule has 2 aromatic carbocycles. The monoisotopic (exact) mass is 544 g/mol. The normalized spacial score (nSPS) is 20.6. The topological polar surface area (TPSA) is 82.2 Å². The van der Waals surface area contributed by atoms with Gasteiger partial charge >= 0.3 is 12.0 Å². The molecule has 2 aliphatic rings. The highest BCUT2D eigenvalue weighted by Gasteiger charge is 2.39. The van der Waals surface area contributed by atoms with Crippen LogP contribution in [0.4, 0.5) is 4.79 Å². The van der Waals surface area contributed by atoms with Crippen molar-refractivity contribution in [2.45, 2.75) is 25.9 Å². The highest BCUT2D eigenvalue weighted by molar-refractivity contribution is 6.33. The predicted octanol–water partition coefficient (Wildman–Crippen LogP) is 4.35. The van der Waals surface area contributed by atoms with Gasteiger partial charge in [0.15, 0.2) is 0 Å². The van der Waals surface area contributed by atoms with Gasteiger partial charge in [-0.25, -0.2) is 9.59 Å². The van der Waals surface area contributed by atoms with Gasteiger partial charge in [-0.3, -0.25) is 14.6 Å². The summed E-state index contributed by atoms with van der Waals surface area (Å²) in [5, 5.41) is 3.76. The Kier molecular flexibility index (Phi) is 8.42.